The summed E-state index contributed by atoms with van der Waals surface area (Å²) in [7, 11) is 1.62. The first kappa shape index (κ1) is 21.2. The van der Waals surface area contributed by atoms with E-state index in [2.05, 4.69) is 11.1 Å². The second-order valence-corrected chi connectivity index (χ2v) is 7.49. The van der Waals surface area contributed by atoms with Gasteiger partial charge in [-0.15, -0.1) is 0 Å². The molecule has 162 valence electrons. The van der Waals surface area contributed by atoms with Gasteiger partial charge < -0.3 is 19.0 Å². The van der Waals surface area contributed by atoms with Gasteiger partial charge in [-0.3, -0.25) is 4.79 Å². The van der Waals surface area contributed by atoms with Gasteiger partial charge in [0, 0.05) is 43.4 Å². The van der Waals surface area contributed by atoms with Gasteiger partial charge in [-0.05, 0) is 30.7 Å². The number of anilines is 1. The van der Waals surface area contributed by atoms with E-state index >= 15 is 0 Å². The number of nitrogens with zero attached hydrogens (tertiary/aromatic N) is 4. The molecule has 3 aromatic rings. The average Bonchev–Trinajstić information content (AvgIpc) is 3.26. The average molecular weight is 428 g/mol. The van der Waals surface area contributed by atoms with Crippen molar-refractivity contribution in [2.45, 2.75) is 6.92 Å². The minimum absolute atomic E-state index is 0.0289. The smallest absolute Gasteiger partial charge is 0.254 e. The summed E-state index contributed by atoms with van der Waals surface area (Å²) in [5, 5.41) is 9.54. The molecule has 7 heteroatoms. The van der Waals surface area contributed by atoms with E-state index in [0.29, 0.717) is 38.0 Å². The van der Waals surface area contributed by atoms with Crippen molar-refractivity contribution in [2.75, 3.05) is 38.2 Å². The van der Waals surface area contributed by atoms with Crippen LogP contribution in [0.5, 0.6) is 5.75 Å². The summed E-state index contributed by atoms with van der Waals surface area (Å²) in [4.78, 5) is 21.0. The number of hydrogen-bond acceptors (Lipinski definition) is 6. The van der Waals surface area contributed by atoms with Crippen molar-refractivity contribution < 1.29 is 13.9 Å². The Labute approximate surface area is 187 Å². The van der Waals surface area contributed by atoms with Crippen LogP contribution < -0.4 is 9.64 Å². The van der Waals surface area contributed by atoms with Gasteiger partial charge >= 0.3 is 0 Å². The predicted molar refractivity (Wildman–Crippen MR) is 122 cm³/mol. The summed E-state index contributed by atoms with van der Waals surface area (Å²) in [6, 6.07) is 17.3. The second-order valence-electron chi connectivity index (χ2n) is 7.49. The second kappa shape index (κ2) is 9.40. The van der Waals surface area contributed by atoms with E-state index in [-0.39, 0.29) is 11.6 Å². The molecule has 4 rings (SSSR count). The number of methoxy groups -OCH3 is 1. The molecule has 0 spiro atoms. The summed E-state index contributed by atoms with van der Waals surface area (Å²) in [6.45, 7) is 4.17. The van der Waals surface area contributed by atoms with E-state index in [9.17, 15) is 10.1 Å². The molecule has 0 atom stereocenters. The molecule has 32 heavy (non-hydrogen) atoms. The highest BCUT2D eigenvalue weighted by Crippen LogP contribution is 2.26. The van der Waals surface area contributed by atoms with Crippen molar-refractivity contribution in [1.82, 2.24) is 9.88 Å². The number of oxazole rings is 1. The van der Waals surface area contributed by atoms with E-state index in [1.165, 1.54) is 0 Å². The van der Waals surface area contributed by atoms with Gasteiger partial charge in [0.1, 0.15) is 11.8 Å². The van der Waals surface area contributed by atoms with Crippen molar-refractivity contribution in [3.8, 4) is 11.8 Å². The number of nitriles is 1. The van der Waals surface area contributed by atoms with Crippen LogP contribution >= 0.6 is 0 Å². The van der Waals surface area contributed by atoms with E-state index in [0.717, 1.165) is 22.4 Å². The molecule has 1 saturated heterocycles. The van der Waals surface area contributed by atoms with Crippen LogP contribution in [0.2, 0.25) is 0 Å². The quantitative estimate of drug-likeness (QED) is 0.611. The summed E-state index contributed by atoms with van der Waals surface area (Å²) in [5.74, 6) is 1.56. The van der Waals surface area contributed by atoms with E-state index in [4.69, 9.17) is 9.15 Å². The molecule has 0 saturated carbocycles. The van der Waals surface area contributed by atoms with Crippen LogP contribution in [0.3, 0.4) is 0 Å². The molecule has 0 unspecified atom stereocenters. The van der Waals surface area contributed by atoms with Gasteiger partial charge in [0.2, 0.25) is 17.5 Å². The lowest BCUT2D eigenvalue weighted by Crippen LogP contribution is -2.49. The van der Waals surface area contributed by atoms with Gasteiger partial charge in [0.05, 0.1) is 7.11 Å². The molecular weight excluding hydrogens is 404 g/mol. The third kappa shape index (κ3) is 4.35. The van der Waals surface area contributed by atoms with E-state index in [1.807, 2.05) is 71.3 Å². The van der Waals surface area contributed by atoms with Crippen LogP contribution in [0.1, 0.15) is 33.1 Å². The minimum Gasteiger partial charge on any atom is -0.496 e. The SMILES string of the molecule is COc1ccccc1/C=C/c1nc(C#N)c(N2CCN(C(=O)c3ccccc3C)CC2)o1. The molecule has 7 nitrogen and oxygen atoms in total. The molecule has 1 aliphatic heterocycles. The maximum Gasteiger partial charge on any atom is 0.254 e. The summed E-state index contributed by atoms with van der Waals surface area (Å²) >= 11 is 0. The first-order valence-electron chi connectivity index (χ1n) is 10.4. The van der Waals surface area contributed by atoms with Gasteiger partial charge in [-0.2, -0.15) is 10.2 Å². The number of carbonyl (C=O) groups is 1. The summed E-state index contributed by atoms with van der Waals surface area (Å²) < 4.78 is 11.3. The maximum atomic E-state index is 12.9. The Morgan fingerprint density at radius 1 is 1.09 bits per heavy atom. The highest BCUT2D eigenvalue weighted by atomic mass is 16.5. The Kier molecular flexibility index (Phi) is 6.22. The van der Waals surface area contributed by atoms with Crippen molar-refractivity contribution in [3.63, 3.8) is 0 Å². The number of ether oxygens (including phenoxy) is 1. The molecule has 0 radical (unpaired) electrons. The zero-order chi connectivity index (χ0) is 22.5. The van der Waals surface area contributed by atoms with E-state index < -0.39 is 0 Å². The molecule has 1 fully saturated rings. The molecule has 0 bridgehead atoms. The third-order valence-corrected chi connectivity index (χ3v) is 5.51. The highest BCUT2D eigenvalue weighted by molar-refractivity contribution is 5.95. The number of amides is 1. The van der Waals surface area contributed by atoms with Crippen molar-refractivity contribution >= 4 is 23.9 Å². The van der Waals surface area contributed by atoms with Crippen LogP contribution in [-0.2, 0) is 0 Å². The maximum absolute atomic E-state index is 12.9. The van der Waals surface area contributed by atoms with Crippen LogP contribution in [0, 0.1) is 18.3 Å². The molecule has 1 aliphatic rings. The first-order chi connectivity index (χ1) is 15.6. The monoisotopic (exact) mass is 428 g/mol. The molecular formula is C25H24N4O3. The lowest BCUT2D eigenvalue weighted by Gasteiger charge is -2.34. The zero-order valence-corrected chi connectivity index (χ0v) is 18.1. The Hall–Kier alpha value is -4.05. The van der Waals surface area contributed by atoms with Crippen molar-refractivity contribution in [2.24, 2.45) is 0 Å². The highest BCUT2D eigenvalue weighted by Gasteiger charge is 2.27. The fraction of sp³-hybridized carbons (Fsp3) is 0.240. The van der Waals surface area contributed by atoms with Gasteiger partial charge in [-0.25, -0.2) is 0 Å². The lowest BCUT2D eigenvalue weighted by atomic mass is 10.1. The normalized spacial score (nSPS) is 13.9. The number of piperazine rings is 1. The van der Waals surface area contributed by atoms with Gasteiger partial charge in [0.25, 0.3) is 5.91 Å². The molecule has 2 aromatic carbocycles. The Morgan fingerprint density at radius 2 is 1.81 bits per heavy atom. The molecule has 1 amide bonds. The van der Waals surface area contributed by atoms with Crippen LogP contribution in [0.15, 0.2) is 52.9 Å². The minimum atomic E-state index is 0.0289. The van der Waals surface area contributed by atoms with Crippen LogP contribution in [0.25, 0.3) is 12.2 Å². The number of aryl methyl sites for hydroxylation is 1. The molecule has 0 aliphatic carbocycles. The Morgan fingerprint density at radius 3 is 2.53 bits per heavy atom. The van der Waals surface area contributed by atoms with E-state index in [1.54, 1.807) is 13.2 Å². The number of benzene rings is 2. The fourth-order valence-electron chi connectivity index (χ4n) is 3.75. The standard InChI is InChI=1S/C25H24N4O3/c1-18-7-3-5-9-20(18)24(30)28-13-15-29(16-14-28)25-21(17-26)27-23(32-25)12-11-19-8-4-6-10-22(19)31-2/h3-12H,13-16H2,1-2H3/b12-11+. The Balaban J connectivity index is 1.46. The van der Waals surface area contributed by atoms with Gasteiger partial charge in [-0.1, -0.05) is 36.4 Å². The molecule has 0 N–H and O–H groups in total. The van der Waals surface area contributed by atoms with Crippen LogP contribution in [0.4, 0.5) is 5.88 Å². The number of aromatic nitrogens is 1. The number of carbonyl (C=O) groups excluding carboxylic acids is 1. The summed E-state index contributed by atoms with van der Waals surface area (Å²) in [6.07, 6.45) is 3.56. The van der Waals surface area contributed by atoms with Crippen molar-refractivity contribution in [3.05, 3.63) is 76.8 Å². The van der Waals surface area contributed by atoms with Gasteiger partial charge in [0.15, 0.2) is 0 Å². The molecule has 2 heterocycles. The van der Waals surface area contributed by atoms with Crippen molar-refractivity contribution in [1.29, 1.82) is 5.26 Å². The fourth-order valence-corrected chi connectivity index (χ4v) is 3.75. The molecule has 1 aromatic heterocycles. The summed E-state index contributed by atoms with van der Waals surface area (Å²) in [5.41, 5.74) is 2.82. The first-order valence-corrected chi connectivity index (χ1v) is 10.4. The third-order valence-electron chi connectivity index (χ3n) is 5.51. The number of rotatable bonds is 5. The zero-order valence-electron chi connectivity index (χ0n) is 18.1. The van der Waals surface area contributed by atoms with Crippen LogP contribution in [-0.4, -0.2) is 49.1 Å². The topological polar surface area (TPSA) is 82.6 Å². The predicted octanol–water partition coefficient (Wildman–Crippen LogP) is 4.00. The lowest BCUT2D eigenvalue weighted by molar-refractivity contribution is 0.0744. The number of para-hydroxylation sites is 1. The Bertz CT molecular complexity index is 1180. The largest absolute Gasteiger partial charge is 0.496 e. The number of hydrogen-bond donors (Lipinski definition) is 0.